The molecule has 1 amide bonds. The van der Waals surface area contributed by atoms with Crippen LogP contribution in [-0.2, 0) is 13.0 Å². The minimum absolute atomic E-state index is 0.250. The van der Waals surface area contributed by atoms with Gasteiger partial charge in [-0.15, -0.1) is 0 Å². The molecule has 0 atom stereocenters. The molecular weight excluding hydrogens is 302 g/mol. The van der Waals surface area contributed by atoms with E-state index in [2.05, 4.69) is 48.8 Å². The molecule has 0 aliphatic rings. The number of nitrogens with one attached hydrogen (secondary N) is 1. The fourth-order valence-electron chi connectivity index (χ4n) is 3.02. The largest absolute Gasteiger partial charge is 0.361 e. The Morgan fingerprint density at radius 1 is 1.29 bits per heavy atom. The van der Waals surface area contributed by atoms with E-state index >= 15 is 0 Å². The lowest BCUT2D eigenvalue weighted by Crippen LogP contribution is -2.12. The summed E-state index contributed by atoms with van der Waals surface area (Å²) in [5.74, 6) is 0.947. The Bertz CT molecular complexity index is 874. The molecule has 0 fully saturated rings. The summed E-state index contributed by atoms with van der Waals surface area (Å²) in [5.41, 5.74) is 3.46. The molecular formula is C19H23N3O2. The average Bonchev–Trinajstić information content (AvgIpc) is 3.09. The molecule has 24 heavy (non-hydrogen) atoms. The van der Waals surface area contributed by atoms with Crippen molar-refractivity contribution in [1.29, 1.82) is 0 Å². The predicted molar refractivity (Wildman–Crippen MR) is 95.3 cm³/mol. The topological polar surface area (TPSA) is 60.1 Å². The molecule has 0 spiro atoms. The molecule has 5 heteroatoms. The van der Waals surface area contributed by atoms with E-state index in [0.29, 0.717) is 11.6 Å². The van der Waals surface area contributed by atoms with E-state index in [1.807, 2.05) is 18.2 Å². The van der Waals surface area contributed by atoms with Crippen molar-refractivity contribution in [2.75, 3.05) is 5.32 Å². The fourth-order valence-corrected chi connectivity index (χ4v) is 3.02. The number of carbonyl (C=O) groups is 1. The lowest BCUT2D eigenvalue weighted by molar-refractivity contribution is 0.101. The quantitative estimate of drug-likeness (QED) is 0.756. The monoisotopic (exact) mass is 325 g/mol. The Morgan fingerprint density at radius 3 is 2.79 bits per heavy atom. The van der Waals surface area contributed by atoms with Crippen molar-refractivity contribution in [3.63, 3.8) is 0 Å². The summed E-state index contributed by atoms with van der Waals surface area (Å²) in [5, 5.41) is 7.88. The van der Waals surface area contributed by atoms with Crippen molar-refractivity contribution >= 4 is 22.5 Å². The maximum Gasteiger partial charge on any atom is 0.277 e. The first-order valence-corrected chi connectivity index (χ1v) is 8.34. The number of rotatable bonds is 5. The molecule has 1 N–H and O–H groups in total. The first-order chi connectivity index (χ1) is 11.5. The van der Waals surface area contributed by atoms with Crippen LogP contribution in [0.5, 0.6) is 0 Å². The molecule has 0 saturated carbocycles. The smallest absolute Gasteiger partial charge is 0.277 e. The number of benzene rings is 1. The van der Waals surface area contributed by atoms with Gasteiger partial charge < -0.3 is 14.4 Å². The molecule has 0 aliphatic heterocycles. The van der Waals surface area contributed by atoms with Crippen molar-refractivity contribution in [2.24, 2.45) is 5.92 Å². The summed E-state index contributed by atoms with van der Waals surface area (Å²) >= 11 is 0. The molecule has 2 aromatic heterocycles. The molecule has 126 valence electrons. The van der Waals surface area contributed by atoms with Crippen LogP contribution in [0.4, 0.5) is 5.69 Å². The van der Waals surface area contributed by atoms with Gasteiger partial charge in [-0.25, -0.2) is 0 Å². The van der Waals surface area contributed by atoms with E-state index < -0.39 is 0 Å². The minimum Gasteiger partial charge on any atom is -0.361 e. The molecule has 0 bridgehead atoms. The second-order valence-corrected chi connectivity index (χ2v) is 6.53. The van der Waals surface area contributed by atoms with E-state index in [-0.39, 0.29) is 5.91 Å². The zero-order valence-electron chi connectivity index (χ0n) is 14.6. The van der Waals surface area contributed by atoms with Crippen LogP contribution >= 0.6 is 0 Å². The first-order valence-electron chi connectivity index (χ1n) is 8.34. The van der Waals surface area contributed by atoms with Crippen LogP contribution in [0.1, 0.15) is 42.7 Å². The number of hydrogen-bond donors (Lipinski definition) is 1. The standard InChI is InChI=1S/C19H23N3O2/c1-5-22-13(4)9-14-10-15(6-7-18(14)22)20-19(23)17-11-16(24-21-17)8-12(2)3/h6-7,9-12H,5,8H2,1-4H3,(H,20,23). The molecule has 0 aliphatic carbocycles. The molecule has 2 heterocycles. The number of aromatic nitrogens is 2. The van der Waals surface area contributed by atoms with Gasteiger partial charge in [-0.2, -0.15) is 0 Å². The van der Waals surface area contributed by atoms with Crippen LogP contribution in [0.25, 0.3) is 10.9 Å². The molecule has 3 aromatic rings. The number of fused-ring (bicyclic) bond motifs is 1. The van der Waals surface area contributed by atoms with Gasteiger partial charge >= 0.3 is 0 Å². The fraction of sp³-hybridized carbons (Fsp3) is 0.368. The zero-order chi connectivity index (χ0) is 17.3. The van der Waals surface area contributed by atoms with Gasteiger partial charge in [0.1, 0.15) is 5.76 Å². The summed E-state index contributed by atoms with van der Waals surface area (Å²) in [6, 6.07) is 9.79. The molecule has 0 unspecified atom stereocenters. The van der Waals surface area contributed by atoms with Crippen LogP contribution in [0.2, 0.25) is 0 Å². The van der Waals surface area contributed by atoms with Crippen LogP contribution in [0.3, 0.4) is 0 Å². The molecule has 1 aromatic carbocycles. The highest BCUT2D eigenvalue weighted by molar-refractivity contribution is 6.03. The van der Waals surface area contributed by atoms with Crippen LogP contribution in [-0.4, -0.2) is 15.6 Å². The highest BCUT2D eigenvalue weighted by Gasteiger charge is 2.14. The van der Waals surface area contributed by atoms with Crippen molar-refractivity contribution < 1.29 is 9.32 Å². The Morgan fingerprint density at radius 2 is 2.08 bits per heavy atom. The number of aryl methyl sites for hydroxylation is 2. The third-order valence-electron chi connectivity index (χ3n) is 4.08. The number of anilines is 1. The van der Waals surface area contributed by atoms with Crippen LogP contribution < -0.4 is 5.32 Å². The first kappa shape index (κ1) is 16.3. The lowest BCUT2D eigenvalue weighted by atomic mass is 10.1. The number of carbonyl (C=O) groups excluding carboxylic acids is 1. The second kappa shape index (κ2) is 6.51. The van der Waals surface area contributed by atoms with Crippen molar-refractivity contribution in [2.45, 2.75) is 40.7 Å². The van der Waals surface area contributed by atoms with Gasteiger partial charge in [0.2, 0.25) is 0 Å². The summed E-state index contributed by atoms with van der Waals surface area (Å²) in [6.45, 7) is 9.34. The highest BCUT2D eigenvalue weighted by Crippen LogP contribution is 2.23. The number of nitrogens with zero attached hydrogens (tertiary/aromatic N) is 2. The van der Waals surface area contributed by atoms with E-state index in [1.54, 1.807) is 6.07 Å². The Balaban J connectivity index is 1.79. The Hall–Kier alpha value is -2.56. The zero-order valence-corrected chi connectivity index (χ0v) is 14.6. The molecule has 3 rings (SSSR count). The third-order valence-corrected chi connectivity index (χ3v) is 4.08. The van der Waals surface area contributed by atoms with E-state index in [0.717, 1.165) is 29.8 Å². The minimum atomic E-state index is -0.250. The van der Waals surface area contributed by atoms with E-state index in [9.17, 15) is 4.79 Å². The van der Waals surface area contributed by atoms with Gasteiger partial charge in [-0.05, 0) is 44.0 Å². The number of hydrogen-bond acceptors (Lipinski definition) is 3. The van der Waals surface area contributed by atoms with Gasteiger partial charge in [-0.3, -0.25) is 4.79 Å². The molecule has 0 saturated heterocycles. The summed E-state index contributed by atoms with van der Waals surface area (Å²) in [4.78, 5) is 12.3. The van der Waals surface area contributed by atoms with Crippen molar-refractivity contribution in [3.8, 4) is 0 Å². The predicted octanol–water partition coefficient (Wildman–Crippen LogP) is 4.41. The highest BCUT2D eigenvalue weighted by atomic mass is 16.5. The van der Waals surface area contributed by atoms with Crippen molar-refractivity contribution in [3.05, 3.63) is 47.5 Å². The number of amides is 1. The normalized spacial score (nSPS) is 11.4. The molecule has 5 nitrogen and oxygen atoms in total. The van der Waals surface area contributed by atoms with Gasteiger partial charge in [0.25, 0.3) is 5.91 Å². The van der Waals surface area contributed by atoms with Gasteiger partial charge in [0, 0.05) is 41.3 Å². The Kier molecular flexibility index (Phi) is 4.42. The second-order valence-electron chi connectivity index (χ2n) is 6.53. The van der Waals surface area contributed by atoms with Gasteiger partial charge in [-0.1, -0.05) is 19.0 Å². The van der Waals surface area contributed by atoms with E-state index in [4.69, 9.17) is 4.52 Å². The SMILES string of the molecule is CCn1c(C)cc2cc(NC(=O)c3cc(CC(C)C)on3)ccc21. The van der Waals surface area contributed by atoms with Crippen LogP contribution in [0, 0.1) is 12.8 Å². The summed E-state index contributed by atoms with van der Waals surface area (Å²) in [7, 11) is 0. The lowest BCUT2D eigenvalue weighted by Gasteiger charge is -2.06. The van der Waals surface area contributed by atoms with Crippen LogP contribution in [0.15, 0.2) is 34.9 Å². The maximum absolute atomic E-state index is 12.3. The summed E-state index contributed by atoms with van der Waals surface area (Å²) < 4.78 is 7.47. The van der Waals surface area contributed by atoms with Gasteiger partial charge in [0.05, 0.1) is 0 Å². The Labute approximate surface area is 141 Å². The third kappa shape index (κ3) is 3.20. The summed E-state index contributed by atoms with van der Waals surface area (Å²) in [6.07, 6.45) is 0.774. The average molecular weight is 325 g/mol. The molecule has 0 radical (unpaired) electrons. The van der Waals surface area contributed by atoms with Gasteiger partial charge in [0.15, 0.2) is 5.69 Å². The van der Waals surface area contributed by atoms with Crippen molar-refractivity contribution in [1.82, 2.24) is 9.72 Å². The van der Waals surface area contributed by atoms with E-state index in [1.165, 1.54) is 11.2 Å². The maximum atomic E-state index is 12.3.